The Balaban J connectivity index is 1.96. The van der Waals surface area contributed by atoms with E-state index in [9.17, 15) is 4.79 Å². The molecule has 0 saturated heterocycles. The van der Waals surface area contributed by atoms with Gasteiger partial charge in [-0.2, -0.15) is 0 Å². The van der Waals surface area contributed by atoms with Crippen molar-refractivity contribution >= 4 is 23.4 Å². The summed E-state index contributed by atoms with van der Waals surface area (Å²) < 4.78 is 0. The van der Waals surface area contributed by atoms with Crippen LogP contribution in [0.2, 0.25) is 0 Å². The zero-order valence-corrected chi connectivity index (χ0v) is 9.09. The van der Waals surface area contributed by atoms with E-state index in [2.05, 4.69) is 11.4 Å². The van der Waals surface area contributed by atoms with Crippen LogP contribution in [-0.2, 0) is 4.79 Å². The van der Waals surface area contributed by atoms with Gasteiger partial charge in [0.15, 0.2) is 0 Å². The molecule has 1 aromatic carbocycles. The van der Waals surface area contributed by atoms with E-state index in [1.54, 1.807) is 11.8 Å². The molecule has 0 radical (unpaired) electrons. The van der Waals surface area contributed by atoms with Gasteiger partial charge in [0.1, 0.15) is 0 Å². The molecule has 1 aliphatic rings. The van der Waals surface area contributed by atoms with Crippen LogP contribution in [0.25, 0.3) is 0 Å². The number of carboxylic acids is 1. The molecule has 2 rings (SSSR count). The summed E-state index contributed by atoms with van der Waals surface area (Å²) in [6.07, 6.45) is 0.928. The van der Waals surface area contributed by atoms with Crippen LogP contribution in [0.3, 0.4) is 0 Å². The van der Waals surface area contributed by atoms with Crippen LogP contribution in [0, 0.1) is 0 Å². The van der Waals surface area contributed by atoms with E-state index in [4.69, 9.17) is 5.11 Å². The molecule has 1 heterocycles. The molecule has 0 aromatic heterocycles. The first kappa shape index (κ1) is 10.4. The number of para-hydroxylation sites is 1. The van der Waals surface area contributed by atoms with E-state index in [1.165, 1.54) is 4.90 Å². The van der Waals surface area contributed by atoms with E-state index in [0.29, 0.717) is 6.42 Å². The van der Waals surface area contributed by atoms with Crippen LogP contribution in [-0.4, -0.2) is 22.9 Å². The van der Waals surface area contributed by atoms with E-state index in [0.717, 1.165) is 11.4 Å². The number of thioether (sulfide) groups is 1. The summed E-state index contributed by atoms with van der Waals surface area (Å²) in [7, 11) is 0. The molecule has 0 aliphatic carbocycles. The van der Waals surface area contributed by atoms with Gasteiger partial charge in [-0.05, 0) is 18.6 Å². The lowest BCUT2D eigenvalue weighted by Gasteiger charge is -2.25. The second-order valence-corrected chi connectivity index (χ2v) is 4.64. The molecule has 0 bridgehead atoms. The predicted molar refractivity (Wildman–Crippen MR) is 61.4 cm³/mol. The number of carbonyl (C=O) groups is 1. The van der Waals surface area contributed by atoms with Gasteiger partial charge in [0.2, 0.25) is 0 Å². The Labute approximate surface area is 92.9 Å². The van der Waals surface area contributed by atoms with Gasteiger partial charge in [-0.3, -0.25) is 4.79 Å². The summed E-state index contributed by atoms with van der Waals surface area (Å²) in [6.45, 7) is 0. The summed E-state index contributed by atoms with van der Waals surface area (Å²) in [4.78, 5) is 11.7. The lowest BCUT2D eigenvalue weighted by atomic mass is 10.1. The average Bonchev–Trinajstić information content (AvgIpc) is 2.26. The molecule has 15 heavy (non-hydrogen) atoms. The Morgan fingerprint density at radius 2 is 2.33 bits per heavy atom. The number of carboxylic acid groups (broad SMARTS) is 1. The molecule has 1 aliphatic heterocycles. The van der Waals surface area contributed by atoms with Crippen molar-refractivity contribution < 1.29 is 9.90 Å². The number of fused-ring (bicyclic) bond motifs is 1. The van der Waals surface area contributed by atoms with Crippen molar-refractivity contribution in [3.63, 3.8) is 0 Å². The molecule has 1 atom stereocenters. The molecule has 0 saturated carbocycles. The lowest BCUT2D eigenvalue weighted by molar-refractivity contribution is -0.137. The van der Waals surface area contributed by atoms with Crippen molar-refractivity contribution in [3.05, 3.63) is 24.3 Å². The quantitative estimate of drug-likeness (QED) is 0.826. The standard InChI is InChI=1S/C11H13NO2S/c13-11(14)6-5-8-7-15-10-4-2-1-3-9(10)12-8/h1-4,8,12H,5-7H2,(H,13,14). The summed E-state index contributed by atoms with van der Waals surface area (Å²) >= 11 is 1.79. The van der Waals surface area contributed by atoms with Gasteiger partial charge in [0, 0.05) is 28.8 Å². The van der Waals surface area contributed by atoms with Crippen molar-refractivity contribution in [2.75, 3.05) is 11.1 Å². The van der Waals surface area contributed by atoms with Crippen LogP contribution in [0.1, 0.15) is 12.8 Å². The highest BCUT2D eigenvalue weighted by Gasteiger charge is 2.18. The normalized spacial score (nSPS) is 19.1. The Bertz CT molecular complexity index is 367. The fourth-order valence-corrected chi connectivity index (χ4v) is 2.70. The minimum atomic E-state index is -0.722. The van der Waals surface area contributed by atoms with Crippen molar-refractivity contribution in [1.29, 1.82) is 0 Å². The molecule has 0 amide bonds. The zero-order valence-electron chi connectivity index (χ0n) is 8.27. The highest BCUT2D eigenvalue weighted by Crippen LogP contribution is 2.33. The van der Waals surface area contributed by atoms with Gasteiger partial charge in [0.25, 0.3) is 0 Å². The van der Waals surface area contributed by atoms with E-state index >= 15 is 0 Å². The van der Waals surface area contributed by atoms with Crippen molar-refractivity contribution in [2.45, 2.75) is 23.8 Å². The number of nitrogens with one attached hydrogen (secondary N) is 1. The highest BCUT2D eigenvalue weighted by atomic mass is 32.2. The predicted octanol–water partition coefficient (Wildman–Crippen LogP) is 2.44. The first-order valence-electron chi connectivity index (χ1n) is 4.96. The maximum Gasteiger partial charge on any atom is 0.303 e. The molecule has 1 unspecified atom stereocenters. The fraction of sp³-hybridized carbons (Fsp3) is 0.364. The van der Waals surface area contributed by atoms with Gasteiger partial charge in [-0.1, -0.05) is 12.1 Å². The Morgan fingerprint density at radius 1 is 1.53 bits per heavy atom. The molecule has 2 N–H and O–H groups in total. The summed E-state index contributed by atoms with van der Waals surface area (Å²) in [5.41, 5.74) is 1.13. The van der Waals surface area contributed by atoms with Crippen molar-refractivity contribution in [2.24, 2.45) is 0 Å². The molecule has 4 heteroatoms. The van der Waals surface area contributed by atoms with Crippen LogP contribution < -0.4 is 5.32 Å². The topological polar surface area (TPSA) is 49.3 Å². The molecular weight excluding hydrogens is 210 g/mol. The van der Waals surface area contributed by atoms with E-state index in [1.807, 2.05) is 18.2 Å². The second kappa shape index (κ2) is 4.57. The minimum Gasteiger partial charge on any atom is -0.481 e. The Morgan fingerprint density at radius 3 is 3.13 bits per heavy atom. The van der Waals surface area contributed by atoms with Gasteiger partial charge in [0.05, 0.1) is 0 Å². The zero-order chi connectivity index (χ0) is 10.7. The number of aliphatic carboxylic acids is 1. The molecular formula is C11H13NO2S. The Hall–Kier alpha value is -1.16. The first-order chi connectivity index (χ1) is 7.25. The van der Waals surface area contributed by atoms with Crippen molar-refractivity contribution in [1.82, 2.24) is 0 Å². The molecule has 3 nitrogen and oxygen atoms in total. The van der Waals surface area contributed by atoms with E-state index in [-0.39, 0.29) is 12.5 Å². The maximum absolute atomic E-state index is 10.5. The second-order valence-electron chi connectivity index (χ2n) is 3.58. The van der Waals surface area contributed by atoms with Crippen LogP contribution in [0.15, 0.2) is 29.2 Å². The monoisotopic (exact) mass is 223 g/mol. The highest BCUT2D eigenvalue weighted by molar-refractivity contribution is 7.99. The van der Waals surface area contributed by atoms with Crippen LogP contribution in [0.5, 0.6) is 0 Å². The molecule has 1 aromatic rings. The van der Waals surface area contributed by atoms with Crippen molar-refractivity contribution in [3.8, 4) is 0 Å². The molecule has 0 spiro atoms. The SMILES string of the molecule is O=C(O)CCC1CSc2ccccc2N1. The summed E-state index contributed by atoms with van der Waals surface area (Å²) in [5.74, 6) is 0.227. The number of hydrogen-bond acceptors (Lipinski definition) is 3. The maximum atomic E-state index is 10.5. The summed E-state index contributed by atoms with van der Waals surface area (Å²) in [6, 6.07) is 8.41. The van der Waals surface area contributed by atoms with Gasteiger partial charge in [-0.15, -0.1) is 11.8 Å². The third-order valence-corrected chi connectivity index (χ3v) is 3.63. The lowest BCUT2D eigenvalue weighted by Crippen LogP contribution is -2.26. The van der Waals surface area contributed by atoms with Gasteiger partial charge < -0.3 is 10.4 Å². The number of hydrogen-bond donors (Lipinski definition) is 2. The number of rotatable bonds is 3. The van der Waals surface area contributed by atoms with E-state index < -0.39 is 5.97 Å². The molecule has 80 valence electrons. The van der Waals surface area contributed by atoms with Gasteiger partial charge >= 0.3 is 5.97 Å². The number of benzene rings is 1. The average molecular weight is 223 g/mol. The van der Waals surface area contributed by atoms with Crippen LogP contribution >= 0.6 is 11.8 Å². The summed E-state index contributed by atoms with van der Waals surface area (Å²) in [5, 5.41) is 12.0. The first-order valence-corrected chi connectivity index (χ1v) is 5.94. The van der Waals surface area contributed by atoms with Gasteiger partial charge in [-0.25, -0.2) is 0 Å². The third kappa shape index (κ3) is 2.65. The largest absolute Gasteiger partial charge is 0.481 e. The number of anilines is 1. The fourth-order valence-electron chi connectivity index (χ4n) is 1.62. The van der Waals surface area contributed by atoms with Crippen LogP contribution in [0.4, 0.5) is 5.69 Å². The Kier molecular flexibility index (Phi) is 3.16. The smallest absolute Gasteiger partial charge is 0.303 e. The minimum absolute atomic E-state index is 0.237. The third-order valence-electron chi connectivity index (χ3n) is 2.39. The molecule has 0 fully saturated rings.